The zero-order valence-corrected chi connectivity index (χ0v) is 10.6. The second-order valence-electron chi connectivity index (χ2n) is 4.52. The van der Waals surface area contributed by atoms with E-state index in [4.69, 9.17) is 10.2 Å². The van der Waals surface area contributed by atoms with E-state index in [1.165, 1.54) is 0 Å². The second-order valence-corrected chi connectivity index (χ2v) is 6.75. The summed E-state index contributed by atoms with van der Waals surface area (Å²) in [5.41, 5.74) is 6.29. The monoisotopic (exact) mass is 258 g/mol. The Morgan fingerprint density at radius 1 is 1.53 bits per heavy atom. The number of sulfone groups is 1. The highest BCUT2D eigenvalue weighted by Gasteiger charge is 2.29. The van der Waals surface area contributed by atoms with Crippen LogP contribution < -0.4 is 5.73 Å². The van der Waals surface area contributed by atoms with Crippen LogP contribution in [0.3, 0.4) is 0 Å². The van der Waals surface area contributed by atoms with Gasteiger partial charge in [0.25, 0.3) is 0 Å². The molecule has 1 aromatic heterocycles. The topological polar surface area (TPSA) is 86.2 Å². The number of hydrogen-bond donors (Lipinski definition) is 1. The average molecular weight is 258 g/mol. The molecule has 1 aliphatic heterocycles. The van der Waals surface area contributed by atoms with Crippen molar-refractivity contribution in [2.75, 3.05) is 18.1 Å². The van der Waals surface area contributed by atoms with Crippen molar-refractivity contribution >= 4 is 9.84 Å². The Balaban J connectivity index is 2.04. The summed E-state index contributed by atoms with van der Waals surface area (Å²) in [4.78, 5) is 4.35. The van der Waals surface area contributed by atoms with Crippen LogP contribution in [0.4, 0.5) is 0 Å². The fraction of sp³-hybridized carbons (Fsp3) is 0.727. The van der Waals surface area contributed by atoms with Gasteiger partial charge in [0.05, 0.1) is 17.2 Å². The molecule has 1 aliphatic rings. The van der Waals surface area contributed by atoms with Gasteiger partial charge in [-0.1, -0.05) is 0 Å². The van der Waals surface area contributed by atoms with Gasteiger partial charge in [-0.2, -0.15) is 0 Å². The maximum absolute atomic E-state index is 11.5. The van der Waals surface area contributed by atoms with E-state index in [2.05, 4.69) is 4.98 Å². The molecule has 1 unspecified atom stereocenters. The van der Waals surface area contributed by atoms with Crippen molar-refractivity contribution < 1.29 is 12.8 Å². The smallest absolute Gasteiger partial charge is 0.198 e. The molecule has 1 fully saturated rings. The Bertz CT molecular complexity index is 467. The van der Waals surface area contributed by atoms with Crippen LogP contribution >= 0.6 is 0 Å². The van der Waals surface area contributed by atoms with Gasteiger partial charge in [-0.05, 0) is 32.2 Å². The van der Waals surface area contributed by atoms with Gasteiger partial charge in [0, 0.05) is 5.92 Å². The molecule has 0 amide bonds. The van der Waals surface area contributed by atoms with Gasteiger partial charge in [-0.25, -0.2) is 13.4 Å². The van der Waals surface area contributed by atoms with Crippen molar-refractivity contribution in [3.05, 3.63) is 17.8 Å². The quantitative estimate of drug-likeness (QED) is 0.865. The number of nitrogens with two attached hydrogens (primary N) is 1. The van der Waals surface area contributed by atoms with Crippen molar-refractivity contribution in [3.63, 3.8) is 0 Å². The standard InChI is InChI=1S/C11H18N2O3S/c12-5-1-4-10-7-16-11(13-10)9-3-2-6-17(14,15)8-9/h7,9H,1-6,8,12H2. The van der Waals surface area contributed by atoms with Crippen LogP contribution in [0.1, 0.15) is 36.8 Å². The molecule has 0 bridgehead atoms. The summed E-state index contributed by atoms with van der Waals surface area (Å²) < 4.78 is 28.4. The van der Waals surface area contributed by atoms with Crippen molar-refractivity contribution in [3.8, 4) is 0 Å². The molecular weight excluding hydrogens is 240 g/mol. The van der Waals surface area contributed by atoms with E-state index < -0.39 is 9.84 Å². The molecule has 2 N–H and O–H groups in total. The summed E-state index contributed by atoms with van der Waals surface area (Å²) in [7, 11) is -2.91. The lowest BCUT2D eigenvalue weighted by Gasteiger charge is -2.18. The van der Waals surface area contributed by atoms with Gasteiger partial charge < -0.3 is 10.2 Å². The summed E-state index contributed by atoms with van der Waals surface area (Å²) >= 11 is 0. The molecular formula is C11H18N2O3S. The second kappa shape index (κ2) is 5.18. The van der Waals surface area contributed by atoms with Crippen LogP contribution in [0.2, 0.25) is 0 Å². The first-order valence-corrected chi connectivity index (χ1v) is 7.77. The maximum atomic E-state index is 11.5. The summed E-state index contributed by atoms with van der Waals surface area (Å²) in [6, 6.07) is 0. The summed E-state index contributed by atoms with van der Waals surface area (Å²) in [6.45, 7) is 0.625. The third-order valence-corrected chi connectivity index (χ3v) is 4.84. The SMILES string of the molecule is NCCCc1coc(C2CCCS(=O)(=O)C2)n1. The van der Waals surface area contributed by atoms with Gasteiger partial charge in [0.2, 0.25) is 0 Å². The fourth-order valence-corrected chi connectivity index (χ4v) is 3.82. The Labute approximate surface area is 101 Å². The van der Waals surface area contributed by atoms with Gasteiger partial charge >= 0.3 is 0 Å². The molecule has 0 radical (unpaired) electrons. The third-order valence-electron chi connectivity index (χ3n) is 3.02. The Morgan fingerprint density at radius 2 is 2.35 bits per heavy atom. The van der Waals surface area contributed by atoms with Gasteiger partial charge in [-0.15, -0.1) is 0 Å². The molecule has 5 nitrogen and oxygen atoms in total. The highest BCUT2D eigenvalue weighted by Crippen LogP contribution is 2.27. The lowest BCUT2D eigenvalue weighted by Crippen LogP contribution is -2.23. The molecule has 0 aliphatic carbocycles. The predicted octanol–water partition coefficient (Wildman–Crippen LogP) is 0.858. The zero-order valence-electron chi connectivity index (χ0n) is 9.76. The van der Waals surface area contributed by atoms with Crippen LogP contribution in [0, 0.1) is 0 Å². The Kier molecular flexibility index (Phi) is 3.83. The molecule has 6 heteroatoms. The molecule has 17 heavy (non-hydrogen) atoms. The van der Waals surface area contributed by atoms with E-state index in [0.717, 1.165) is 25.0 Å². The summed E-state index contributed by atoms with van der Waals surface area (Å²) in [5, 5.41) is 0. The number of hydrogen-bond acceptors (Lipinski definition) is 5. The van der Waals surface area contributed by atoms with E-state index in [-0.39, 0.29) is 11.7 Å². The van der Waals surface area contributed by atoms with Crippen LogP contribution in [0.15, 0.2) is 10.7 Å². The molecule has 1 atom stereocenters. The number of aryl methyl sites for hydroxylation is 1. The lowest BCUT2D eigenvalue weighted by molar-refractivity contribution is 0.434. The van der Waals surface area contributed by atoms with Crippen LogP contribution in [-0.4, -0.2) is 31.5 Å². The lowest BCUT2D eigenvalue weighted by atomic mass is 10.1. The average Bonchev–Trinajstić information content (AvgIpc) is 2.73. The van der Waals surface area contributed by atoms with Crippen molar-refractivity contribution in [1.29, 1.82) is 0 Å². The Hall–Kier alpha value is -0.880. The zero-order chi connectivity index (χ0) is 12.3. The van der Waals surface area contributed by atoms with Gasteiger partial charge in [0.1, 0.15) is 6.26 Å². The van der Waals surface area contributed by atoms with Crippen molar-refractivity contribution in [2.45, 2.75) is 31.6 Å². The van der Waals surface area contributed by atoms with E-state index in [0.29, 0.717) is 24.6 Å². The maximum Gasteiger partial charge on any atom is 0.198 e. The first-order chi connectivity index (χ1) is 8.11. The molecule has 0 aromatic carbocycles. The Morgan fingerprint density at radius 3 is 3.06 bits per heavy atom. The summed E-state index contributed by atoms with van der Waals surface area (Å²) in [6.07, 6.45) is 4.82. The van der Waals surface area contributed by atoms with Crippen LogP contribution in [0.5, 0.6) is 0 Å². The van der Waals surface area contributed by atoms with Gasteiger partial charge in [0.15, 0.2) is 15.7 Å². The number of oxazole rings is 1. The van der Waals surface area contributed by atoms with Crippen molar-refractivity contribution in [1.82, 2.24) is 4.98 Å². The first kappa shape index (κ1) is 12.6. The van der Waals surface area contributed by atoms with E-state index >= 15 is 0 Å². The van der Waals surface area contributed by atoms with Crippen LogP contribution in [-0.2, 0) is 16.3 Å². The fourth-order valence-electron chi connectivity index (χ4n) is 2.13. The largest absolute Gasteiger partial charge is 0.448 e. The number of nitrogens with zero attached hydrogens (tertiary/aromatic N) is 1. The van der Waals surface area contributed by atoms with Crippen molar-refractivity contribution in [2.24, 2.45) is 5.73 Å². The third kappa shape index (κ3) is 3.29. The van der Waals surface area contributed by atoms with Crippen LogP contribution in [0.25, 0.3) is 0 Å². The van der Waals surface area contributed by atoms with Gasteiger partial charge in [-0.3, -0.25) is 0 Å². The first-order valence-electron chi connectivity index (χ1n) is 5.95. The minimum Gasteiger partial charge on any atom is -0.448 e. The van der Waals surface area contributed by atoms with E-state index in [1.54, 1.807) is 6.26 Å². The minimum absolute atomic E-state index is 0.0691. The van der Waals surface area contributed by atoms with E-state index in [9.17, 15) is 8.42 Å². The molecule has 0 saturated carbocycles. The molecule has 1 saturated heterocycles. The van der Waals surface area contributed by atoms with E-state index in [1.807, 2.05) is 0 Å². The molecule has 0 spiro atoms. The highest BCUT2D eigenvalue weighted by atomic mass is 32.2. The molecule has 2 heterocycles. The predicted molar refractivity (Wildman–Crippen MR) is 64.5 cm³/mol. The normalized spacial score (nSPS) is 23.7. The number of aromatic nitrogens is 1. The molecule has 2 rings (SSSR count). The minimum atomic E-state index is -2.91. The summed E-state index contributed by atoms with van der Waals surface area (Å²) in [5.74, 6) is 0.967. The highest BCUT2D eigenvalue weighted by molar-refractivity contribution is 7.91. The molecule has 1 aromatic rings. The number of rotatable bonds is 4. The molecule has 96 valence electrons.